The number of halogens is 2. The second-order valence-corrected chi connectivity index (χ2v) is 4.38. The third-order valence-electron chi connectivity index (χ3n) is 2.38. The Morgan fingerprint density at radius 3 is 2.60 bits per heavy atom. The second-order valence-electron chi connectivity index (χ2n) is 3.95. The summed E-state index contributed by atoms with van der Waals surface area (Å²) >= 11 is 5.87. The van der Waals surface area contributed by atoms with Crippen molar-refractivity contribution in [3.63, 3.8) is 0 Å². The highest BCUT2D eigenvalue weighted by Gasteiger charge is 2.18. The molecular formula is C12H17ClFN. The van der Waals surface area contributed by atoms with Crippen molar-refractivity contribution >= 4 is 11.6 Å². The summed E-state index contributed by atoms with van der Waals surface area (Å²) in [6, 6.07) is 4.71. The van der Waals surface area contributed by atoms with Crippen molar-refractivity contribution in [2.24, 2.45) is 5.92 Å². The molecule has 0 aliphatic heterocycles. The SMILES string of the molecule is CCNC(c1cc(Cl)ccc1F)C(C)C. The topological polar surface area (TPSA) is 12.0 Å². The molecule has 1 aromatic carbocycles. The number of rotatable bonds is 4. The van der Waals surface area contributed by atoms with Crippen LogP contribution in [0.1, 0.15) is 32.4 Å². The van der Waals surface area contributed by atoms with Crippen LogP contribution in [-0.4, -0.2) is 6.54 Å². The normalized spacial score (nSPS) is 13.2. The molecule has 0 heterocycles. The number of hydrogen-bond donors (Lipinski definition) is 1. The van der Waals surface area contributed by atoms with Crippen molar-refractivity contribution in [3.8, 4) is 0 Å². The summed E-state index contributed by atoms with van der Waals surface area (Å²) in [5.41, 5.74) is 0.652. The van der Waals surface area contributed by atoms with Gasteiger partial charge in [-0.05, 0) is 30.7 Å². The van der Waals surface area contributed by atoms with E-state index in [4.69, 9.17) is 11.6 Å². The second kappa shape index (κ2) is 5.47. The van der Waals surface area contributed by atoms with E-state index in [2.05, 4.69) is 19.2 Å². The standard InChI is InChI=1S/C12H17ClFN/c1-4-15-12(8(2)3)10-7-9(13)5-6-11(10)14/h5-8,12,15H,4H2,1-3H3. The third kappa shape index (κ3) is 3.18. The highest BCUT2D eigenvalue weighted by atomic mass is 35.5. The van der Waals surface area contributed by atoms with E-state index in [0.717, 1.165) is 6.54 Å². The monoisotopic (exact) mass is 229 g/mol. The molecule has 0 spiro atoms. The van der Waals surface area contributed by atoms with Crippen LogP contribution in [0, 0.1) is 11.7 Å². The van der Waals surface area contributed by atoms with Gasteiger partial charge in [0.1, 0.15) is 5.82 Å². The average Bonchev–Trinajstić information content (AvgIpc) is 2.18. The van der Waals surface area contributed by atoms with Crippen molar-refractivity contribution in [2.75, 3.05) is 6.54 Å². The van der Waals surface area contributed by atoms with E-state index in [1.807, 2.05) is 6.92 Å². The van der Waals surface area contributed by atoms with Crippen molar-refractivity contribution in [1.82, 2.24) is 5.32 Å². The Hall–Kier alpha value is -0.600. The zero-order valence-electron chi connectivity index (χ0n) is 9.35. The first-order valence-electron chi connectivity index (χ1n) is 5.24. The fourth-order valence-corrected chi connectivity index (χ4v) is 1.86. The summed E-state index contributed by atoms with van der Waals surface area (Å²) < 4.78 is 13.6. The Balaban J connectivity index is 3.04. The van der Waals surface area contributed by atoms with Crippen molar-refractivity contribution < 1.29 is 4.39 Å². The van der Waals surface area contributed by atoms with Crippen LogP contribution in [0.5, 0.6) is 0 Å². The van der Waals surface area contributed by atoms with Crippen LogP contribution in [0.2, 0.25) is 5.02 Å². The molecule has 84 valence electrons. The molecule has 15 heavy (non-hydrogen) atoms. The van der Waals surface area contributed by atoms with E-state index >= 15 is 0 Å². The smallest absolute Gasteiger partial charge is 0.128 e. The summed E-state index contributed by atoms with van der Waals surface area (Å²) in [6.45, 7) is 6.95. The molecule has 3 heteroatoms. The van der Waals surface area contributed by atoms with Gasteiger partial charge in [-0.3, -0.25) is 0 Å². The van der Waals surface area contributed by atoms with E-state index in [1.54, 1.807) is 12.1 Å². The van der Waals surface area contributed by atoms with Crippen LogP contribution in [0.3, 0.4) is 0 Å². The fraction of sp³-hybridized carbons (Fsp3) is 0.500. The van der Waals surface area contributed by atoms with Gasteiger partial charge in [-0.25, -0.2) is 4.39 Å². The molecule has 0 aromatic heterocycles. The Morgan fingerprint density at radius 2 is 2.07 bits per heavy atom. The lowest BCUT2D eigenvalue weighted by Crippen LogP contribution is -2.26. The van der Waals surface area contributed by atoms with Gasteiger partial charge in [-0.15, -0.1) is 0 Å². The lowest BCUT2D eigenvalue weighted by Gasteiger charge is -2.22. The minimum Gasteiger partial charge on any atom is -0.310 e. The Kier molecular flexibility index (Phi) is 4.55. The van der Waals surface area contributed by atoms with Gasteiger partial charge in [0.2, 0.25) is 0 Å². The molecule has 0 aliphatic rings. The Morgan fingerprint density at radius 1 is 1.40 bits per heavy atom. The Bertz CT molecular complexity index is 325. The number of benzene rings is 1. The number of hydrogen-bond acceptors (Lipinski definition) is 1. The molecule has 0 aliphatic carbocycles. The molecule has 1 aromatic rings. The first kappa shape index (κ1) is 12.5. The van der Waals surface area contributed by atoms with Gasteiger partial charge >= 0.3 is 0 Å². The van der Waals surface area contributed by atoms with Crippen molar-refractivity contribution in [3.05, 3.63) is 34.6 Å². The van der Waals surface area contributed by atoms with Crippen LogP contribution in [0.25, 0.3) is 0 Å². The van der Waals surface area contributed by atoms with Gasteiger partial charge in [0.25, 0.3) is 0 Å². The van der Waals surface area contributed by atoms with Crippen LogP contribution >= 0.6 is 11.6 Å². The molecule has 0 amide bonds. The largest absolute Gasteiger partial charge is 0.310 e. The maximum absolute atomic E-state index is 13.6. The van der Waals surface area contributed by atoms with Gasteiger partial charge in [0.15, 0.2) is 0 Å². The third-order valence-corrected chi connectivity index (χ3v) is 2.62. The van der Waals surface area contributed by atoms with Crippen LogP contribution in [0.4, 0.5) is 4.39 Å². The predicted molar refractivity (Wildman–Crippen MR) is 62.7 cm³/mol. The molecule has 0 saturated heterocycles. The maximum atomic E-state index is 13.6. The molecule has 1 atom stereocenters. The summed E-state index contributed by atoms with van der Waals surface area (Å²) in [7, 11) is 0. The highest BCUT2D eigenvalue weighted by Crippen LogP contribution is 2.26. The Labute approximate surface area is 95.6 Å². The predicted octanol–water partition coefficient (Wildman–Crippen LogP) is 3.79. The van der Waals surface area contributed by atoms with Crippen LogP contribution in [0.15, 0.2) is 18.2 Å². The lowest BCUT2D eigenvalue weighted by molar-refractivity contribution is 0.406. The summed E-state index contributed by atoms with van der Waals surface area (Å²) in [5, 5.41) is 3.85. The molecule has 1 rings (SSSR count). The summed E-state index contributed by atoms with van der Waals surface area (Å²) in [4.78, 5) is 0. The molecule has 0 bridgehead atoms. The van der Waals surface area contributed by atoms with E-state index in [0.29, 0.717) is 16.5 Å². The minimum absolute atomic E-state index is 0.0219. The number of nitrogens with one attached hydrogen (secondary N) is 1. The van der Waals surface area contributed by atoms with Gasteiger partial charge in [-0.1, -0.05) is 32.4 Å². The minimum atomic E-state index is -0.195. The molecule has 0 fully saturated rings. The zero-order chi connectivity index (χ0) is 11.4. The van der Waals surface area contributed by atoms with E-state index in [9.17, 15) is 4.39 Å². The van der Waals surface area contributed by atoms with Gasteiger partial charge in [-0.2, -0.15) is 0 Å². The lowest BCUT2D eigenvalue weighted by atomic mass is 9.95. The average molecular weight is 230 g/mol. The first-order chi connectivity index (χ1) is 7.06. The van der Waals surface area contributed by atoms with E-state index in [1.165, 1.54) is 6.07 Å². The van der Waals surface area contributed by atoms with Gasteiger partial charge < -0.3 is 5.32 Å². The molecule has 1 unspecified atom stereocenters. The van der Waals surface area contributed by atoms with Crippen LogP contribution < -0.4 is 5.32 Å². The van der Waals surface area contributed by atoms with Gasteiger partial charge in [0, 0.05) is 16.6 Å². The molecule has 1 N–H and O–H groups in total. The summed E-state index contributed by atoms with van der Waals surface area (Å²) in [6.07, 6.45) is 0. The van der Waals surface area contributed by atoms with E-state index in [-0.39, 0.29) is 11.9 Å². The van der Waals surface area contributed by atoms with Crippen molar-refractivity contribution in [1.29, 1.82) is 0 Å². The van der Waals surface area contributed by atoms with Gasteiger partial charge in [0.05, 0.1) is 0 Å². The fourth-order valence-electron chi connectivity index (χ4n) is 1.68. The van der Waals surface area contributed by atoms with Crippen molar-refractivity contribution in [2.45, 2.75) is 26.8 Å². The molecule has 0 radical (unpaired) electrons. The molecular weight excluding hydrogens is 213 g/mol. The quantitative estimate of drug-likeness (QED) is 0.829. The zero-order valence-corrected chi connectivity index (χ0v) is 10.1. The first-order valence-corrected chi connectivity index (χ1v) is 5.62. The van der Waals surface area contributed by atoms with E-state index < -0.39 is 0 Å². The molecule has 1 nitrogen and oxygen atoms in total. The van der Waals surface area contributed by atoms with Crippen LogP contribution in [-0.2, 0) is 0 Å². The highest BCUT2D eigenvalue weighted by molar-refractivity contribution is 6.30. The maximum Gasteiger partial charge on any atom is 0.128 e. The summed E-state index contributed by atoms with van der Waals surface area (Å²) in [5.74, 6) is 0.136. The molecule has 0 saturated carbocycles.